The van der Waals surface area contributed by atoms with Crippen molar-refractivity contribution in [3.8, 4) is 5.75 Å². The Morgan fingerprint density at radius 2 is 1.77 bits per heavy atom. The fraction of sp³-hybridized carbons (Fsp3) is 0.364. The summed E-state index contributed by atoms with van der Waals surface area (Å²) >= 11 is 0. The quantitative estimate of drug-likeness (QED) is 0.680. The number of nitrogens with zero attached hydrogens (tertiary/aromatic N) is 1. The van der Waals surface area contributed by atoms with Crippen LogP contribution in [-0.4, -0.2) is 41.2 Å². The molecule has 3 rings (SSSR count). The number of aliphatic hydroxyl groups excluding tert-OH is 1. The zero-order chi connectivity index (χ0) is 23.0. The number of aliphatic hydroxyl groups is 1. The Bertz CT molecular complexity index is 991. The van der Waals surface area contributed by atoms with Crippen molar-refractivity contribution in [2.24, 2.45) is 0 Å². The summed E-state index contributed by atoms with van der Waals surface area (Å²) in [4.78, 5) is 26.1. The Morgan fingerprint density at radius 1 is 1.13 bits per heavy atom. The smallest absolute Gasteiger partial charge is 0.416 e. The molecular weight excluding hydrogens is 413 g/mol. The van der Waals surface area contributed by atoms with E-state index in [9.17, 15) is 27.9 Å². The Morgan fingerprint density at radius 3 is 2.39 bits per heavy atom. The minimum Gasteiger partial charge on any atom is -0.491 e. The van der Waals surface area contributed by atoms with Crippen LogP contribution in [0.1, 0.15) is 29.2 Å². The summed E-state index contributed by atoms with van der Waals surface area (Å²) in [5.74, 6) is -0.0751. The number of alkyl halides is 3. The van der Waals surface area contributed by atoms with E-state index in [1.807, 2.05) is 32.0 Å². The van der Waals surface area contributed by atoms with Crippen LogP contribution in [0.2, 0.25) is 0 Å². The van der Waals surface area contributed by atoms with Gasteiger partial charge in [0, 0.05) is 0 Å². The molecule has 31 heavy (non-hydrogen) atoms. The van der Waals surface area contributed by atoms with E-state index in [2.05, 4.69) is 5.32 Å². The number of urea groups is 1. The van der Waals surface area contributed by atoms with Crippen LogP contribution < -0.4 is 10.1 Å². The molecule has 3 amide bonds. The molecule has 6 nitrogen and oxygen atoms in total. The number of imide groups is 1. The summed E-state index contributed by atoms with van der Waals surface area (Å²) in [6.07, 6.45) is -5.65. The lowest BCUT2D eigenvalue weighted by atomic mass is 9.91. The first-order chi connectivity index (χ1) is 14.4. The van der Waals surface area contributed by atoms with E-state index < -0.39 is 35.3 Å². The van der Waals surface area contributed by atoms with Gasteiger partial charge >= 0.3 is 12.2 Å². The molecule has 0 spiro atoms. The van der Waals surface area contributed by atoms with Crippen LogP contribution in [0.4, 0.5) is 18.0 Å². The molecule has 0 aliphatic carbocycles. The van der Waals surface area contributed by atoms with Gasteiger partial charge in [-0.05, 0) is 55.7 Å². The van der Waals surface area contributed by atoms with E-state index in [1.165, 1.54) is 6.92 Å². The van der Waals surface area contributed by atoms with Crippen molar-refractivity contribution in [1.29, 1.82) is 0 Å². The average Bonchev–Trinajstić information content (AvgIpc) is 2.92. The number of nitrogens with one attached hydrogen (secondary N) is 1. The monoisotopic (exact) mass is 436 g/mol. The molecule has 2 atom stereocenters. The number of carbonyl (C=O) groups excluding carboxylic acids is 2. The molecular formula is C22H23F3N2O4. The first-order valence-electron chi connectivity index (χ1n) is 9.62. The summed E-state index contributed by atoms with van der Waals surface area (Å²) in [6.45, 7) is 4.71. The third kappa shape index (κ3) is 4.66. The average molecular weight is 436 g/mol. The molecule has 1 heterocycles. The Balaban J connectivity index is 1.68. The number of halogens is 3. The standard InChI is InChI=1S/C22H23F3N2O4/c1-13-4-5-14(2)18(10-13)31-12-17(28)11-27-19(29)21(3,26-20(27)30)15-6-8-16(9-7-15)22(23,24)25/h4-10,17,28H,11-12H2,1-3H3,(H,26,30). The molecule has 166 valence electrons. The number of carbonyl (C=O) groups is 2. The predicted octanol–water partition coefficient (Wildman–Crippen LogP) is 3.53. The van der Waals surface area contributed by atoms with Gasteiger partial charge in [0.2, 0.25) is 0 Å². The lowest BCUT2D eigenvalue weighted by molar-refractivity contribution is -0.137. The van der Waals surface area contributed by atoms with E-state index >= 15 is 0 Å². The summed E-state index contributed by atoms with van der Waals surface area (Å²) in [6, 6.07) is 8.91. The van der Waals surface area contributed by atoms with Crippen LogP contribution in [0.25, 0.3) is 0 Å². The second-order valence-corrected chi connectivity index (χ2v) is 7.78. The number of hydrogen-bond donors (Lipinski definition) is 2. The molecule has 1 fully saturated rings. The summed E-state index contributed by atoms with van der Waals surface area (Å²) in [7, 11) is 0. The second-order valence-electron chi connectivity index (χ2n) is 7.78. The van der Waals surface area contributed by atoms with Gasteiger partial charge in [-0.1, -0.05) is 24.3 Å². The fourth-order valence-corrected chi connectivity index (χ4v) is 3.36. The number of amides is 3. The Kier molecular flexibility index (Phi) is 6.00. The zero-order valence-corrected chi connectivity index (χ0v) is 17.3. The molecule has 0 radical (unpaired) electrons. The van der Waals surface area contributed by atoms with Crippen molar-refractivity contribution in [3.05, 3.63) is 64.7 Å². The Hall–Kier alpha value is -3.07. The van der Waals surface area contributed by atoms with Crippen molar-refractivity contribution >= 4 is 11.9 Å². The molecule has 1 aliphatic rings. The van der Waals surface area contributed by atoms with Crippen molar-refractivity contribution in [3.63, 3.8) is 0 Å². The van der Waals surface area contributed by atoms with Gasteiger partial charge in [0.05, 0.1) is 12.1 Å². The minimum absolute atomic E-state index is 0.141. The number of benzene rings is 2. The third-order valence-electron chi connectivity index (χ3n) is 5.23. The van der Waals surface area contributed by atoms with Crippen molar-refractivity contribution in [2.75, 3.05) is 13.2 Å². The van der Waals surface area contributed by atoms with Crippen LogP contribution in [0, 0.1) is 13.8 Å². The molecule has 0 bridgehead atoms. The van der Waals surface area contributed by atoms with Crippen LogP contribution in [-0.2, 0) is 16.5 Å². The van der Waals surface area contributed by atoms with Gasteiger partial charge < -0.3 is 15.2 Å². The lowest BCUT2D eigenvalue weighted by Crippen LogP contribution is -2.42. The van der Waals surface area contributed by atoms with Crippen LogP contribution in [0.5, 0.6) is 5.75 Å². The normalized spacial score (nSPS) is 20.0. The lowest BCUT2D eigenvalue weighted by Gasteiger charge is -2.23. The van der Waals surface area contributed by atoms with E-state index in [4.69, 9.17) is 4.74 Å². The summed E-state index contributed by atoms with van der Waals surface area (Å²) < 4.78 is 44.0. The molecule has 1 saturated heterocycles. The van der Waals surface area contributed by atoms with Crippen molar-refractivity contribution in [1.82, 2.24) is 10.2 Å². The molecule has 2 aromatic carbocycles. The predicted molar refractivity (Wildman–Crippen MR) is 106 cm³/mol. The van der Waals surface area contributed by atoms with Gasteiger partial charge in [-0.25, -0.2) is 4.79 Å². The number of aryl methyl sites for hydroxylation is 2. The topological polar surface area (TPSA) is 78.9 Å². The van der Waals surface area contributed by atoms with E-state index in [0.29, 0.717) is 5.75 Å². The zero-order valence-electron chi connectivity index (χ0n) is 17.3. The third-order valence-corrected chi connectivity index (χ3v) is 5.23. The van der Waals surface area contributed by atoms with Crippen molar-refractivity contribution in [2.45, 2.75) is 38.6 Å². The maximum Gasteiger partial charge on any atom is 0.416 e. The first kappa shape index (κ1) is 22.6. The second kappa shape index (κ2) is 8.22. The molecule has 0 saturated carbocycles. The molecule has 2 unspecified atom stereocenters. The van der Waals surface area contributed by atoms with Gasteiger partial charge in [0.15, 0.2) is 0 Å². The highest BCUT2D eigenvalue weighted by Gasteiger charge is 2.49. The van der Waals surface area contributed by atoms with Gasteiger partial charge in [0.1, 0.15) is 24.0 Å². The molecule has 9 heteroatoms. The number of ether oxygens (including phenoxy) is 1. The van der Waals surface area contributed by atoms with Gasteiger partial charge in [-0.3, -0.25) is 9.69 Å². The molecule has 2 N–H and O–H groups in total. The van der Waals surface area contributed by atoms with E-state index in [0.717, 1.165) is 40.3 Å². The van der Waals surface area contributed by atoms with Gasteiger partial charge in [-0.2, -0.15) is 13.2 Å². The largest absolute Gasteiger partial charge is 0.491 e. The molecule has 1 aliphatic heterocycles. The fourth-order valence-electron chi connectivity index (χ4n) is 3.36. The van der Waals surface area contributed by atoms with Gasteiger partial charge in [0.25, 0.3) is 5.91 Å². The highest BCUT2D eigenvalue weighted by atomic mass is 19.4. The number of hydrogen-bond acceptors (Lipinski definition) is 4. The highest BCUT2D eigenvalue weighted by molar-refractivity contribution is 6.07. The summed E-state index contributed by atoms with van der Waals surface area (Å²) in [5.41, 5.74) is -0.316. The first-order valence-corrected chi connectivity index (χ1v) is 9.62. The maximum atomic E-state index is 12.9. The SMILES string of the molecule is Cc1ccc(C)c(OCC(O)CN2C(=O)NC(C)(c3ccc(C(F)(F)F)cc3)C2=O)c1. The van der Waals surface area contributed by atoms with Gasteiger partial charge in [-0.15, -0.1) is 0 Å². The number of rotatable bonds is 6. The highest BCUT2D eigenvalue weighted by Crippen LogP contribution is 2.33. The minimum atomic E-state index is -4.51. The van der Waals surface area contributed by atoms with Crippen LogP contribution in [0.3, 0.4) is 0 Å². The van der Waals surface area contributed by atoms with Crippen LogP contribution in [0.15, 0.2) is 42.5 Å². The van der Waals surface area contributed by atoms with E-state index in [-0.39, 0.29) is 18.7 Å². The maximum absolute atomic E-state index is 12.9. The molecule has 0 aromatic heterocycles. The van der Waals surface area contributed by atoms with Crippen molar-refractivity contribution < 1.29 is 32.6 Å². The van der Waals surface area contributed by atoms with E-state index in [1.54, 1.807) is 0 Å². The number of β-amino-alcohol motifs (C(OH)–C–C–N with tert-alkyl or cyclic N) is 1. The Labute approximate surface area is 177 Å². The summed E-state index contributed by atoms with van der Waals surface area (Å²) in [5, 5.41) is 12.8. The van der Waals surface area contributed by atoms with Crippen LogP contribution >= 0.6 is 0 Å². The molecule has 2 aromatic rings.